The fraction of sp³-hybridized carbons (Fsp3) is 0.353. The van der Waals surface area contributed by atoms with Crippen LogP contribution in [-0.4, -0.2) is 35.1 Å². The van der Waals surface area contributed by atoms with Gasteiger partial charge in [-0.2, -0.15) is 0 Å². The van der Waals surface area contributed by atoms with E-state index in [0.29, 0.717) is 16.7 Å². The number of halogens is 1. The van der Waals surface area contributed by atoms with Gasteiger partial charge in [-0.3, -0.25) is 15.1 Å². The standard InChI is InChI=1S/C17H21ClN4O3S/c1-11-12(2)26-16(20-11)21-17(24)25-9-8-22(13(3)23)19-10-14-6-4-5-7-15(14)18/h4-7,19H,8-10H2,1-3H3,(H,20,21,24). The van der Waals surface area contributed by atoms with Gasteiger partial charge in [-0.25, -0.2) is 15.2 Å². The molecule has 1 aromatic carbocycles. The van der Waals surface area contributed by atoms with Gasteiger partial charge in [0.1, 0.15) is 6.61 Å². The second kappa shape index (κ2) is 9.51. The number of rotatable bonds is 7. The number of thiazole rings is 1. The molecule has 0 saturated heterocycles. The largest absolute Gasteiger partial charge is 0.447 e. The summed E-state index contributed by atoms with van der Waals surface area (Å²) in [6, 6.07) is 7.37. The molecule has 0 saturated carbocycles. The number of carbonyl (C=O) groups excluding carboxylic acids is 2. The van der Waals surface area contributed by atoms with E-state index in [2.05, 4.69) is 15.7 Å². The van der Waals surface area contributed by atoms with Gasteiger partial charge in [0, 0.05) is 23.4 Å². The highest BCUT2D eigenvalue weighted by Crippen LogP contribution is 2.21. The maximum atomic E-state index is 11.8. The van der Waals surface area contributed by atoms with Gasteiger partial charge >= 0.3 is 6.09 Å². The minimum atomic E-state index is -0.603. The Morgan fingerprint density at radius 2 is 2.04 bits per heavy atom. The van der Waals surface area contributed by atoms with Crippen molar-refractivity contribution in [3.63, 3.8) is 0 Å². The number of anilines is 1. The van der Waals surface area contributed by atoms with Crippen molar-refractivity contribution in [3.05, 3.63) is 45.4 Å². The lowest BCUT2D eigenvalue weighted by atomic mass is 10.2. The van der Waals surface area contributed by atoms with Gasteiger partial charge in [0.2, 0.25) is 5.91 Å². The number of carbonyl (C=O) groups is 2. The van der Waals surface area contributed by atoms with Crippen LogP contribution >= 0.6 is 22.9 Å². The summed E-state index contributed by atoms with van der Waals surface area (Å²) >= 11 is 7.48. The summed E-state index contributed by atoms with van der Waals surface area (Å²) in [6.07, 6.45) is -0.603. The molecule has 0 aliphatic carbocycles. The van der Waals surface area contributed by atoms with E-state index in [1.165, 1.54) is 23.3 Å². The Morgan fingerprint density at radius 3 is 2.65 bits per heavy atom. The lowest BCUT2D eigenvalue weighted by Crippen LogP contribution is -2.43. The molecule has 0 fully saturated rings. The monoisotopic (exact) mass is 396 g/mol. The number of hydrogen-bond donors (Lipinski definition) is 2. The van der Waals surface area contributed by atoms with Gasteiger partial charge in [-0.05, 0) is 25.5 Å². The van der Waals surface area contributed by atoms with Crippen LogP contribution in [0.1, 0.15) is 23.1 Å². The van der Waals surface area contributed by atoms with Gasteiger partial charge in [-0.15, -0.1) is 11.3 Å². The van der Waals surface area contributed by atoms with E-state index in [4.69, 9.17) is 16.3 Å². The normalized spacial score (nSPS) is 10.5. The van der Waals surface area contributed by atoms with Crippen molar-refractivity contribution in [1.29, 1.82) is 0 Å². The minimum absolute atomic E-state index is 0.0459. The third-order valence-corrected chi connectivity index (χ3v) is 4.94. The molecule has 0 aliphatic rings. The zero-order valence-electron chi connectivity index (χ0n) is 14.8. The number of ether oxygens (including phenoxy) is 1. The highest BCUT2D eigenvalue weighted by Gasteiger charge is 2.12. The Morgan fingerprint density at radius 1 is 1.31 bits per heavy atom. The van der Waals surface area contributed by atoms with Crippen LogP contribution in [-0.2, 0) is 16.1 Å². The SMILES string of the molecule is CC(=O)N(CCOC(=O)Nc1nc(C)c(C)s1)NCc1ccccc1Cl. The van der Waals surface area contributed by atoms with Crippen LogP contribution < -0.4 is 10.7 Å². The summed E-state index contributed by atoms with van der Waals surface area (Å²) in [5.74, 6) is -0.188. The zero-order valence-corrected chi connectivity index (χ0v) is 16.4. The molecule has 1 heterocycles. The number of aromatic nitrogens is 1. The van der Waals surface area contributed by atoms with Gasteiger partial charge in [0.15, 0.2) is 5.13 Å². The summed E-state index contributed by atoms with van der Waals surface area (Å²) in [5, 5.41) is 5.07. The second-order valence-corrected chi connectivity index (χ2v) is 7.13. The molecule has 2 amide bonds. The molecule has 1 aromatic heterocycles. The number of amides is 2. The molecule has 0 unspecified atom stereocenters. The highest BCUT2D eigenvalue weighted by atomic mass is 35.5. The van der Waals surface area contributed by atoms with Crippen molar-refractivity contribution in [2.45, 2.75) is 27.3 Å². The number of nitrogens with one attached hydrogen (secondary N) is 2. The summed E-state index contributed by atoms with van der Waals surface area (Å²) in [5.41, 5.74) is 4.73. The fourth-order valence-corrected chi connectivity index (χ4v) is 3.05. The van der Waals surface area contributed by atoms with Gasteiger partial charge in [-0.1, -0.05) is 29.8 Å². The first kappa shape index (κ1) is 20.2. The fourth-order valence-electron chi connectivity index (χ4n) is 2.05. The van der Waals surface area contributed by atoms with E-state index in [1.54, 1.807) is 6.07 Å². The number of aryl methyl sites for hydroxylation is 2. The number of hydrogen-bond acceptors (Lipinski definition) is 6. The lowest BCUT2D eigenvalue weighted by Gasteiger charge is -2.22. The van der Waals surface area contributed by atoms with Crippen LogP contribution in [0.2, 0.25) is 5.02 Å². The van der Waals surface area contributed by atoms with Gasteiger partial charge < -0.3 is 4.74 Å². The van der Waals surface area contributed by atoms with Crippen LogP contribution in [0.5, 0.6) is 0 Å². The lowest BCUT2D eigenvalue weighted by molar-refractivity contribution is -0.132. The maximum absolute atomic E-state index is 11.8. The summed E-state index contributed by atoms with van der Waals surface area (Å²) in [6.45, 7) is 5.88. The molecule has 0 aliphatic heterocycles. The van der Waals surface area contributed by atoms with Crippen molar-refractivity contribution >= 4 is 40.1 Å². The summed E-state index contributed by atoms with van der Waals surface area (Å²) in [7, 11) is 0. The Hall–Kier alpha value is -2.16. The Bertz CT molecular complexity index is 762. The quantitative estimate of drug-likeness (QED) is 0.699. The third-order valence-electron chi connectivity index (χ3n) is 3.58. The average molecular weight is 397 g/mol. The summed E-state index contributed by atoms with van der Waals surface area (Å²) < 4.78 is 5.11. The molecule has 0 spiro atoms. The number of nitrogens with zero attached hydrogens (tertiary/aromatic N) is 2. The molecular formula is C17H21ClN4O3S. The molecule has 0 atom stereocenters. The predicted molar refractivity (Wildman–Crippen MR) is 102 cm³/mol. The first-order chi connectivity index (χ1) is 12.4. The van der Waals surface area contributed by atoms with Crippen LogP contribution in [0.4, 0.5) is 9.93 Å². The first-order valence-electron chi connectivity index (χ1n) is 7.99. The molecule has 7 nitrogen and oxygen atoms in total. The van der Waals surface area contributed by atoms with Gasteiger partial charge in [0.25, 0.3) is 0 Å². The van der Waals surface area contributed by atoms with Crippen LogP contribution in [0.25, 0.3) is 0 Å². The van der Waals surface area contributed by atoms with E-state index >= 15 is 0 Å². The average Bonchev–Trinajstić information content (AvgIpc) is 2.89. The van der Waals surface area contributed by atoms with Crippen LogP contribution in [0.15, 0.2) is 24.3 Å². The molecule has 2 N–H and O–H groups in total. The van der Waals surface area contributed by atoms with Crippen molar-refractivity contribution in [1.82, 2.24) is 15.4 Å². The van der Waals surface area contributed by atoms with E-state index in [9.17, 15) is 9.59 Å². The minimum Gasteiger partial charge on any atom is -0.447 e. The molecule has 2 aromatic rings. The van der Waals surface area contributed by atoms with Crippen molar-refractivity contribution in [2.24, 2.45) is 0 Å². The topological polar surface area (TPSA) is 83.6 Å². The smallest absolute Gasteiger partial charge is 0.413 e. The number of benzene rings is 1. The Kier molecular flexibility index (Phi) is 7.38. The Labute approximate surface area is 161 Å². The van der Waals surface area contributed by atoms with E-state index < -0.39 is 6.09 Å². The summed E-state index contributed by atoms with van der Waals surface area (Å²) in [4.78, 5) is 28.8. The molecule has 26 heavy (non-hydrogen) atoms. The van der Waals surface area contributed by atoms with Crippen molar-refractivity contribution in [2.75, 3.05) is 18.5 Å². The molecule has 0 bridgehead atoms. The van der Waals surface area contributed by atoms with Gasteiger partial charge in [0.05, 0.1) is 12.2 Å². The Balaban J connectivity index is 1.78. The highest BCUT2D eigenvalue weighted by molar-refractivity contribution is 7.15. The molecular weight excluding hydrogens is 376 g/mol. The van der Waals surface area contributed by atoms with Crippen molar-refractivity contribution < 1.29 is 14.3 Å². The molecule has 9 heteroatoms. The molecule has 0 radical (unpaired) electrons. The molecule has 2 rings (SSSR count). The molecule has 140 valence electrons. The van der Waals surface area contributed by atoms with Crippen LogP contribution in [0.3, 0.4) is 0 Å². The second-order valence-electron chi connectivity index (χ2n) is 5.52. The number of hydrazine groups is 1. The van der Waals surface area contributed by atoms with E-state index in [0.717, 1.165) is 16.1 Å². The predicted octanol–water partition coefficient (Wildman–Crippen LogP) is 3.52. The third kappa shape index (κ3) is 5.98. The zero-order chi connectivity index (χ0) is 19.1. The van der Waals surface area contributed by atoms with Crippen molar-refractivity contribution in [3.8, 4) is 0 Å². The van der Waals surface area contributed by atoms with Crippen LogP contribution in [0, 0.1) is 13.8 Å². The first-order valence-corrected chi connectivity index (χ1v) is 9.19. The maximum Gasteiger partial charge on any atom is 0.413 e. The van der Waals surface area contributed by atoms with E-state index in [-0.39, 0.29) is 19.1 Å². The van der Waals surface area contributed by atoms with E-state index in [1.807, 2.05) is 32.0 Å².